The third kappa shape index (κ3) is 3.35. The number of hydrogen-bond acceptors (Lipinski definition) is 4. The second kappa shape index (κ2) is 7.13. The summed E-state index contributed by atoms with van der Waals surface area (Å²) < 4.78 is 28.6. The van der Waals surface area contributed by atoms with Crippen molar-refractivity contribution in [3.63, 3.8) is 0 Å². The van der Waals surface area contributed by atoms with E-state index >= 15 is 0 Å². The Morgan fingerprint density at radius 2 is 2.07 bits per heavy atom. The molecule has 0 bridgehead atoms. The zero-order valence-electron chi connectivity index (χ0n) is 16.6. The van der Waals surface area contributed by atoms with E-state index < -0.39 is 9.84 Å². The van der Waals surface area contributed by atoms with Crippen LogP contribution < -0.4 is 15.9 Å². The highest BCUT2D eigenvalue weighted by molar-refractivity contribution is 7.90. The molecule has 0 unspecified atom stereocenters. The molecule has 148 valence electrons. The minimum atomic E-state index is -3.01. The topological polar surface area (TPSA) is 68.9 Å². The Labute approximate surface area is 165 Å². The number of nitrogens with one attached hydrogen (secondary N) is 1. The van der Waals surface area contributed by atoms with Gasteiger partial charge in [-0.25, -0.2) is 13.4 Å². The molecular weight excluding hydrogens is 372 g/mol. The first-order valence-corrected chi connectivity index (χ1v) is 11.4. The molecule has 1 aliphatic heterocycles. The number of rotatable bonds is 4. The van der Waals surface area contributed by atoms with E-state index in [4.69, 9.17) is 0 Å². The smallest absolute Gasteiger partial charge is 0.154 e. The molecule has 7 heteroatoms. The number of fused-ring (bicyclic) bond motifs is 2. The maximum absolute atomic E-state index is 12.2. The normalized spacial score (nSPS) is 17.2. The van der Waals surface area contributed by atoms with Gasteiger partial charge in [-0.1, -0.05) is 19.1 Å². The van der Waals surface area contributed by atoms with Crippen molar-refractivity contribution in [3.05, 3.63) is 46.4 Å². The van der Waals surface area contributed by atoms with E-state index in [2.05, 4.69) is 40.0 Å². The van der Waals surface area contributed by atoms with Gasteiger partial charge < -0.3 is 14.5 Å². The Hall–Kier alpha value is -2.54. The van der Waals surface area contributed by atoms with Crippen molar-refractivity contribution in [3.8, 4) is 0 Å². The zero-order valence-corrected chi connectivity index (χ0v) is 17.4. The Bertz CT molecular complexity index is 1270. The van der Waals surface area contributed by atoms with Crippen LogP contribution in [0.1, 0.15) is 24.6 Å². The number of hydrogen-bond donors (Lipinski definition) is 1. The van der Waals surface area contributed by atoms with Gasteiger partial charge in [-0.05, 0) is 30.2 Å². The molecule has 0 fully saturated rings. The van der Waals surface area contributed by atoms with Gasteiger partial charge in [-0.3, -0.25) is 0 Å². The lowest BCUT2D eigenvalue weighted by Gasteiger charge is -2.14. The van der Waals surface area contributed by atoms with Crippen molar-refractivity contribution in [2.75, 3.05) is 17.6 Å². The van der Waals surface area contributed by atoms with Gasteiger partial charge >= 0.3 is 0 Å². The molecule has 1 aliphatic rings. The predicted octanol–water partition coefficient (Wildman–Crippen LogP) is 1.47. The van der Waals surface area contributed by atoms with Gasteiger partial charge in [0.05, 0.1) is 28.9 Å². The van der Waals surface area contributed by atoms with Crippen LogP contribution in [0.2, 0.25) is 0 Å². The summed E-state index contributed by atoms with van der Waals surface area (Å²) in [6.45, 7) is 2.73. The monoisotopic (exact) mass is 398 g/mol. The average Bonchev–Trinajstić information content (AvgIpc) is 3.14. The molecule has 2 aromatic heterocycles. The van der Waals surface area contributed by atoms with Crippen LogP contribution in [0.4, 0.5) is 5.69 Å². The van der Waals surface area contributed by atoms with Crippen LogP contribution in [-0.2, 0) is 36.1 Å². The molecule has 0 atom stereocenters. The third-order valence-corrected chi connectivity index (χ3v) is 7.02. The summed E-state index contributed by atoms with van der Waals surface area (Å²) in [5.74, 6) is 0.381. The van der Waals surface area contributed by atoms with Crippen molar-refractivity contribution >= 4 is 38.7 Å². The van der Waals surface area contributed by atoms with Crippen molar-refractivity contribution in [1.82, 2.24) is 14.1 Å². The molecule has 0 saturated heterocycles. The number of aryl methyl sites for hydroxylation is 1. The van der Waals surface area contributed by atoms with Gasteiger partial charge in [0.25, 0.3) is 0 Å². The lowest BCUT2D eigenvalue weighted by atomic mass is 10.1. The number of anilines is 1. The Balaban J connectivity index is 1.70. The fourth-order valence-corrected chi connectivity index (χ4v) is 5.45. The quantitative estimate of drug-likeness (QED) is 0.723. The number of benzene rings is 1. The molecule has 0 saturated carbocycles. The van der Waals surface area contributed by atoms with Crippen LogP contribution in [0.3, 0.4) is 0 Å². The lowest BCUT2D eigenvalue weighted by molar-refractivity contribution is 0.589. The molecule has 28 heavy (non-hydrogen) atoms. The summed E-state index contributed by atoms with van der Waals surface area (Å²) in [6, 6.07) is 6.11. The number of nitrogens with zero attached hydrogens (tertiary/aromatic N) is 3. The van der Waals surface area contributed by atoms with Gasteiger partial charge in [-0.15, -0.1) is 0 Å². The van der Waals surface area contributed by atoms with Gasteiger partial charge in [0, 0.05) is 49.0 Å². The third-order valence-electron chi connectivity index (χ3n) is 5.47. The Kier molecular flexibility index (Phi) is 4.79. The highest BCUT2D eigenvalue weighted by atomic mass is 32.2. The Morgan fingerprint density at radius 3 is 2.86 bits per heavy atom. The fraction of sp³-hybridized carbons (Fsp3) is 0.381. The highest BCUT2D eigenvalue weighted by Crippen LogP contribution is 2.18. The summed E-state index contributed by atoms with van der Waals surface area (Å²) >= 11 is 0. The van der Waals surface area contributed by atoms with E-state index in [0.29, 0.717) is 13.0 Å². The van der Waals surface area contributed by atoms with Crippen LogP contribution >= 0.6 is 0 Å². The van der Waals surface area contributed by atoms with Crippen LogP contribution in [0, 0.1) is 0 Å². The van der Waals surface area contributed by atoms with Gasteiger partial charge in [0.15, 0.2) is 9.84 Å². The summed E-state index contributed by atoms with van der Waals surface area (Å²) in [5.41, 5.74) is 5.19. The summed E-state index contributed by atoms with van der Waals surface area (Å²) in [7, 11) is 1.01. The SMILES string of the molecule is CC/C=c1\c(=C/CNc2ccc3ncn(C)c3c2)c2c(n1C)CCS(=O)(=O)C2. The molecule has 3 aromatic rings. The van der Waals surface area contributed by atoms with E-state index in [-0.39, 0.29) is 11.5 Å². The Morgan fingerprint density at radius 1 is 1.25 bits per heavy atom. The van der Waals surface area contributed by atoms with Crippen LogP contribution in [-0.4, -0.2) is 34.8 Å². The molecule has 0 radical (unpaired) electrons. The first-order valence-electron chi connectivity index (χ1n) is 9.62. The molecule has 1 N–H and O–H groups in total. The molecule has 0 aliphatic carbocycles. The lowest BCUT2D eigenvalue weighted by Crippen LogP contribution is -2.30. The largest absolute Gasteiger partial charge is 0.381 e. The van der Waals surface area contributed by atoms with Crippen molar-refractivity contribution in [2.45, 2.75) is 25.5 Å². The molecule has 4 rings (SSSR count). The molecule has 0 amide bonds. The maximum Gasteiger partial charge on any atom is 0.154 e. The average molecular weight is 399 g/mol. The molecule has 0 spiro atoms. The minimum absolute atomic E-state index is 0.139. The van der Waals surface area contributed by atoms with Gasteiger partial charge in [0.1, 0.15) is 0 Å². The van der Waals surface area contributed by atoms with Crippen molar-refractivity contribution < 1.29 is 8.42 Å². The minimum Gasteiger partial charge on any atom is -0.381 e. The fourth-order valence-electron chi connectivity index (χ4n) is 4.04. The van der Waals surface area contributed by atoms with Crippen LogP contribution in [0.25, 0.3) is 23.2 Å². The molecule has 6 nitrogen and oxygen atoms in total. The van der Waals surface area contributed by atoms with E-state index in [1.807, 2.05) is 37.1 Å². The summed E-state index contributed by atoms with van der Waals surface area (Å²) in [6.07, 6.45) is 7.61. The van der Waals surface area contributed by atoms with Gasteiger partial charge in [-0.2, -0.15) is 0 Å². The molecule has 3 heterocycles. The second-order valence-electron chi connectivity index (χ2n) is 7.38. The zero-order chi connectivity index (χ0) is 19.9. The predicted molar refractivity (Wildman–Crippen MR) is 114 cm³/mol. The van der Waals surface area contributed by atoms with E-state index in [1.165, 1.54) is 0 Å². The number of aromatic nitrogens is 3. The highest BCUT2D eigenvalue weighted by Gasteiger charge is 2.25. The first-order chi connectivity index (χ1) is 13.4. The summed E-state index contributed by atoms with van der Waals surface area (Å²) in [5, 5.41) is 5.61. The van der Waals surface area contributed by atoms with Crippen LogP contribution in [0.15, 0.2) is 24.5 Å². The number of imidazole rings is 1. The van der Waals surface area contributed by atoms with E-state index in [9.17, 15) is 8.42 Å². The van der Waals surface area contributed by atoms with E-state index in [1.54, 1.807) is 0 Å². The van der Waals surface area contributed by atoms with Crippen molar-refractivity contribution in [2.24, 2.45) is 14.1 Å². The first kappa shape index (κ1) is 18.8. The molecular formula is C21H26N4O2S. The van der Waals surface area contributed by atoms with E-state index in [0.717, 1.165) is 45.0 Å². The standard InChI is InChI=1S/C21H26N4O2S/c1-4-5-19-16(17-13-28(26,27)11-9-20(17)25(19)3)8-10-22-15-6-7-18-21(12-15)24(2)14-23-18/h5-8,12,14,22H,4,9-11,13H2,1-3H3/b16-8-,19-5+. The van der Waals surface area contributed by atoms with Crippen LogP contribution in [0.5, 0.6) is 0 Å². The maximum atomic E-state index is 12.2. The van der Waals surface area contributed by atoms with Crippen molar-refractivity contribution in [1.29, 1.82) is 0 Å². The number of sulfone groups is 1. The molecule has 1 aromatic carbocycles. The summed E-state index contributed by atoms with van der Waals surface area (Å²) in [4.78, 5) is 4.35. The second-order valence-corrected chi connectivity index (χ2v) is 9.57. The van der Waals surface area contributed by atoms with Gasteiger partial charge in [0.2, 0.25) is 0 Å².